The van der Waals surface area contributed by atoms with E-state index in [1.807, 2.05) is 132 Å². The van der Waals surface area contributed by atoms with Gasteiger partial charge >= 0.3 is 0 Å². The van der Waals surface area contributed by atoms with Crippen molar-refractivity contribution in [2.24, 2.45) is 70.0 Å². The molecule has 106 heavy (non-hydrogen) atoms. The number of hydrogen-bond acceptors (Lipinski definition) is 12. The largest absolute Gasteiger partial charge is 0.368 e. The number of amides is 6. The van der Waals surface area contributed by atoms with Gasteiger partial charge in [0.2, 0.25) is 35.4 Å². The van der Waals surface area contributed by atoms with Crippen LogP contribution in [0.25, 0.3) is 0 Å². The first-order valence-electron chi connectivity index (χ1n) is 41.9. The van der Waals surface area contributed by atoms with E-state index in [0.29, 0.717) is 48.5 Å². The smallest absolute Gasteiger partial charge is 0.249 e. The molecule has 6 amide bonds. The summed E-state index contributed by atoms with van der Waals surface area (Å²) < 4.78 is 34.9. The van der Waals surface area contributed by atoms with Crippen LogP contribution in [0, 0.1) is 70.0 Å². The fourth-order valence-corrected chi connectivity index (χ4v) is 11.5. The summed E-state index contributed by atoms with van der Waals surface area (Å²) in [5.41, 5.74) is 0.0644. The highest BCUT2D eigenvalue weighted by Gasteiger charge is 2.40. The molecular weight excluding hydrogens is 1330 g/mol. The van der Waals surface area contributed by atoms with Gasteiger partial charge in [-0.15, -0.1) is 6.58 Å². The van der Waals surface area contributed by atoms with E-state index >= 15 is 0 Å². The van der Waals surface area contributed by atoms with Crippen LogP contribution in [0.2, 0.25) is 0 Å². The van der Waals surface area contributed by atoms with Gasteiger partial charge in [-0.3, -0.25) is 28.8 Å². The van der Waals surface area contributed by atoms with E-state index in [1.54, 1.807) is 0 Å². The Bertz CT molecular complexity index is 2540. The van der Waals surface area contributed by atoms with Gasteiger partial charge in [-0.2, -0.15) is 0 Å². The maximum absolute atomic E-state index is 12.2. The Kier molecular flexibility index (Phi) is 37.8. The van der Waals surface area contributed by atoms with Crippen molar-refractivity contribution in [3.05, 3.63) is 12.2 Å². The van der Waals surface area contributed by atoms with Gasteiger partial charge < -0.3 is 60.3 Å². The van der Waals surface area contributed by atoms with Gasteiger partial charge in [-0.05, 0) is 317 Å². The van der Waals surface area contributed by atoms with Crippen LogP contribution in [0.5, 0.6) is 0 Å². The van der Waals surface area contributed by atoms with Crippen molar-refractivity contribution in [1.82, 2.24) is 31.9 Å². The fourth-order valence-electron chi connectivity index (χ4n) is 11.5. The van der Waals surface area contributed by atoms with Crippen LogP contribution in [0.3, 0.4) is 0 Å². The maximum Gasteiger partial charge on any atom is 0.249 e. The van der Waals surface area contributed by atoms with E-state index in [2.05, 4.69) is 86.9 Å². The molecule has 0 heterocycles. The van der Waals surface area contributed by atoms with Crippen molar-refractivity contribution in [2.75, 3.05) is 39.6 Å². The molecule has 0 aliphatic heterocycles. The van der Waals surface area contributed by atoms with Crippen LogP contribution in [0.1, 0.15) is 334 Å². The minimum atomic E-state index is -0.382. The first kappa shape index (κ1) is 94.7. The molecule has 0 spiro atoms. The molecular formula is C88H162N6O12. The van der Waals surface area contributed by atoms with E-state index in [0.717, 1.165) is 94.4 Å². The highest BCUT2D eigenvalue weighted by molar-refractivity contribution is 5.84. The van der Waals surface area contributed by atoms with E-state index in [9.17, 15) is 28.8 Å². The molecule has 616 valence electrons. The third kappa shape index (κ3) is 51.0. The number of hydrogen-bond donors (Lipinski definition) is 6. The molecule has 18 nitrogen and oxygen atoms in total. The summed E-state index contributed by atoms with van der Waals surface area (Å²) in [6.45, 7) is 61.5. The molecule has 8 unspecified atom stereocenters. The van der Waals surface area contributed by atoms with Gasteiger partial charge in [0, 0.05) is 39.7 Å². The van der Waals surface area contributed by atoms with Gasteiger partial charge in [0.15, 0.2) is 0 Å². The van der Waals surface area contributed by atoms with Crippen molar-refractivity contribution in [1.29, 1.82) is 0 Å². The number of carbonyl (C=O) groups is 6. The molecule has 0 aromatic carbocycles. The molecule has 0 radical (unpaired) electrons. The molecule has 0 aromatic rings. The summed E-state index contributed by atoms with van der Waals surface area (Å²) >= 11 is 0. The molecule has 9 fully saturated rings. The monoisotopic (exact) mass is 1500 g/mol. The zero-order valence-corrected chi connectivity index (χ0v) is 72.6. The molecule has 8 atom stereocenters. The Morgan fingerprint density at radius 2 is 0.509 bits per heavy atom. The van der Waals surface area contributed by atoms with E-state index in [1.165, 1.54) is 116 Å². The second-order valence-electron chi connectivity index (χ2n) is 42.6. The average molecular weight is 1500 g/mol. The Morgan fingerprint density at radius 3 is 0.698 bits per heavy atom. The lowest BCUT2D eigenvalue weighted by molar-refractivity contribution is -0.137. The van der Waals surface area contributed by atoms with Crippen molar-refractivity contribution in [2.45, 2.75) is 404 Å². The second kappa shape index (κ2) is 42.3. The minimum absolute atomic E-state index is 0.0260. The first-order valence-corrected chi connectivity index (χ1v) is 41.9. The summed E-state index contributed by atoms with van der Waals surface area (Å²) in [6.07, 6.45) is 25.9. The molecule has 0 aromatic heterocycles. The topological polar surface area (TPSA) is 230 Å². The normalized spacial score (nSPS) is 21.4. The molecule has 18 heteroatoms. The van der Waals surface area contributed by atoms with Crippen LogP contribution in [0.4, 0.5) is 0 Å². The highest BCUT2D eigenvalue weighted by atomic mass is 16.5. The summed E-state index contributed by atoms with van der Waals surface area (Å²) in [4.78, 5) is 73.1. The Hall–Kier alpha value is -3.68. The van der Waals surface area contributed by atoms with Gasteiger partial charge in [0.1, 0.15) is 36.6 Å². The van der Waals surface area contributed by atoms with Gasteiger partial charge in [-0.1, -0.05) is 86.1 Å². The summed E-state index contributed by atoms with van der Waals surface area (Å²) in [5, 5.41) is 18.1. The van der Waals surface area contributed by atoms with Gasteiger partial charge in [-0.25, -0.2) is 0 Å². The molecule has 9 saturated carbocycles. The van der Waals surface area contributed by atoms with Crippen molar-refractivity contribution in [3.8, 4) is 0 Å². The van der Waals surface area contributed by atoms with E-state index in [4.69, 9.17) is 28.4 Å². The van der Waals surface area contributed by atoms with Crippen LogP contribution < -0.4 is 31.9 Å². The van der Waals surface area contributed by atoms with Crippen LogP contribution in [-0.4, -0.2) is 145 Å². The summed E-state index contributed by atoms with van der Waals surface area (Å²) in [5.74, 6) is 7.36. The average Bonchev–Trinajstić information content (AvgIpc) is 1.68. The predicted molar refractivity (Wildman–Crippen MR) is 431 cm³/mol. The van der Waals surface area contributed by atoms with Gasteiger partial charge in [0.25, 0.3) is 0 Å². The van der Waals surface area contributed by atoms with Crippen LogP contribution >= 0.6 is 0 Å². The van der Waals surface area contributed by atoms with Gasteiger partial charge in [0.05, 0.1) is 39.6 Å². The molecule has 0 saturated heterocycles. The Morgan fingerprint density at radius 1 is 0.311 bits per heavy atom. The highest BCUT2D eigenvalue weighted by Crippen LogP contribution is 2.43. The van der Waals surface area contributed by atoms with Crippen molar-refractivity contribution in [3.63, 3.8) is 0 Å². The molecule has 6 N–H and O–H groups in total. The predicted octanol–water partition coefficient (Wildman–Crippen LogP) is 17.1. The van der Waals surface area contributed by atoms with Crippen molar-refractivity contribution >= 4 is 35.4 Å². The zero-order valence-electron chi connectivity index (χ0n) is 72.6. The number of carbonyl (C=O) groups excluding carboxylic acids is 6. The van der Waals surface area contributed by atoms with Crippen molar-refractivity contribution < 1.29 is 57.2 Å². The molecule has 9 aliphatic carbocycles. The maximum atomic E-state index is 12.2. The lowest BCUT2D eigenvalue weighted by Gasteiger charge is -2.31. The standard InChI is InChI=1S/2C15H27NO2.2C15H29NO2.2C14H25NO2/c1-10-7-12(10)8-13(18-9-11-5-6-11)14(17)16-15(2,3)4;1-15(2,3)16-14(17)13(9-11-5-4-6-11)18-10-12-7-8-12;2*1-14(2,3)9-12(18-10-11-7-8-11)13(17)16-15(4,5)6;1-14(2,3)15-13(16)12(8-10-4-5-10)17-9-11-6-7-11;1-10(2)8-12(17-9-11-6-7-11)13(16)15-14(3,4)5/h10-13H,5-9H2,1-4H3,(H,16,17);11-13H,4-10H2,1-3H3,(H,16,17);2*11-12H,7-10H2,1-6H3,(H,16,17);10-12H,4-9H2,1-3H3,(H,15,16);11-12H,1,6-9H2,2-5H3,(H,15,16). The summed E-state index contributed by atoms with van der Waals surface area (Å²) in [6, 6.07) is 0. The Balaban J connectivity index is 0.000000269. The molecule has 9 rings (SSSR count). The number of nitrogens with one attached hydrogen (secondary N) is 6. The number of rotatable bonds is 34. The van der Waals surface area contributed by atoms with E-state index < -0.39 is 0 Å². The fraction of sp³-hybridized carbons (Fsp3) is 0.909. The minimum Gasteiger partial charge on any atom is -0.368 e. The third-order valence-corrected chi connectivity index (χ3v) is 19.1. The summed E-state index contributed by atoms with van der Waals surface area (Å²) in [7, 11) is 0. The lowest BCUT2D eigenvalue weighted by Crippen LogP contribution is -2.47. The quantitative estimate of drug-likeness (QED) is 0.0331. The number of ether oxygens (including phenoxy) is 6. The van der Waals surface area contributed by atoms with Crippen LogP contribution in [0.15, 0.2) is 12.2 Å². The molecule has 9 aliphatic rings. The third-order valence-electron chi connectivity index (χ3n) is 19.1. The first-order chi connectivity index (χ1) is 48.6. The lowest BCUT2D eigenvalue weighted by atomic mass is 9.81. The molecule has 0 bridgehead atoms. The Labute approximate surface area is 647 Å². The second-order valence-corrected chi connectivity index (χ2v) is 42.6. The SMILES string of the molecule is C=C(C)CC(OCC1CC1)C(=O)NC(C)(C)C.CC(C)(C)CC(OCC1CC1)C(=O)NC(C)(C)C.CC(C)(C)CC(OCC1CC1)C(=O)NC(C)(C)C.CC(C)(C)NC(=O)C(CC1CC1)OCC1CC1.CC(C)(C)NC(=O)C(CC1CCC1)OCC1CC1.CC1CC1CC(OCC1CC1)C(=O)NC(C)(C)C. The van der Waals surface area contributed by atoms with Crippen LogP contribution in [-0.2, 0) is 57.2 Å². The van der Waals surface area contributed by atoms with E-state index in [-0.39, 0.29) is 116 Å². The zero-order chi connectivity index (χ0) is 80.0.